The van der Waals surface area contributed by atoms with Crippen molar-refractivity contribution >= 4 is 55.8 Å². The van der Waals surface area contributed by atoms with Crippen LogP contribution < -0.4 is 17.2 Å². The first-order valence-corrected chi connectivity index (χ1v) is 9.03. The van der Waals surface area contributed by atoms with Gasteiger partial charge in [-0.1, -0.05) is 0 Å². The van der Waals surface area contributed by atoms with Gasteiger partial charge in [-0.15, -0.1) is 0 Å². The molecule has 0 aromatic heterocycles. The summed E-state index contributed by atoms with van der Waals surface area (Å²) in [6, 6.07) is -2.71. The van der Waals surface area contributed by atoms with E-state index in [9.17, 15) is 14.4 Å². The van der Waals surface area contributed by atoms with Gasteiger partial charge in [0.2, 0.25) is 0 Å². The monoisotopic (exact) mass is 447 g/mol. The molecule has 0 aliphatic carbocycles. The van der Waals surface area contributed by atoms with Crippen molar-refractivity contribution in [3.05, 3.63) is 0 Å². The van der Waals surface area contributed by atoms with Crippen molar-refractivity contribution in [1.29, 1.82) is 0 Å². The molecule has 3 atom stereocenters. The van der Waals surface area contributed by atoms with Gasteiger partial charge < -0.3 is 32.5 Å². The third kappa shape index (κ3) is 16.0. The maximum absolute atomic E-state index is 10.2. The zero-order chi connectivity index (χ0) is 23.0. The van der Waals surface area contributed by atoms with Crippen LogP contribution in [0, 0.1) is 0 Å². The maximum Gasteiger partial charge on any atom is 0.321 e. The standard InChI is InChI=1S/3C5H11NO2S/c3*1-5(2,9)3(6)4(7)8/h3*3,9H,6H2,1-2H3,(H,7,8)/t3*3-/m000/s1. The van der Waals surface area contributed by atoms with Crippen LogP contribution in [-0.4, -0.2) is 65.6 Å². The Balaban J connectivity index is -0.000000320. The number of carboxylic acid groups (broad SMARTS) is 3. The van der Waals surface area contributed by atoms with Crippen LogP contribution in [0.3, 0.4) is 0 Å². The van der Waals surface area contributed by atoms with Crippen LogP contribution in [0.5, 0.6) is 0 Å². The molecule has 0 rings (SSSR count). The quantitative estimate of drug-likeness (QED) is 0.258. The van der Waals surface area contributed by atoms with E-state index in [1.807, 2.05) is 0 Å². The lowest BCUT2D eigenvalue weighted by Crippen LogP contribution is -2.45. The predicted octanol–water partition coefficient (Wildman–Crippen LogP) is 0.320. The van der Waals surface area contributed by atoms with Crippen LogP contribution in [0.1, 0.15) is 41.5 Å². The van der Waals surface area contributed by atoms with E-state index in [4.69, 9.17) is 32.5 Å². The molecule has 0 aliphatic rings. The van der Waals surface area contributed by atoms with Gasteiger partial charge in [-0.05, 0) is 41.5 Å². The highest BCUT2D eigenvalue weighted by molar-refractivity contribution is 7.82. The van der Waals surface area contributed by atoms with Crippen LogP contribution in [0.15, 0.2) is 0 Å². The van der Waals surface area contributed by atoms with Gasteiger partial charge in [0.25, 0.3) is 0 Å². The Labute approximate surface area is 176 Å². The van der Waals surface area contributed by atoms with Gasteiger partial charge in [-0.2, -0.15) is 37.9 Å². The minimum absolute atomic E-state index is 0.647. The molecule has 162 valence electrons. The van der Waals surface area contributed by atoms with Crippen molar-refractivity contribution in [2.75, 3.05) is 0 Å². The van der Waals surface area contributed by atoms with Crippen molar-refractivity contribution in [3.63, 3.8) is 0 Å². The van der Waals surface area contributed by atoms with Gasteiger partial charge in [-0.3, -0.25) is 14.4 Å². The normalized spacial score (nSPS) is 15.1. The average Bonchev–Trinajstić information content (AvgIpc) is 2.42. The summed E-state index contributed by atoms with van der Waals surface area (Å²) in [5.41, 5.74) is 15.7. The first-order chi connectivity index (χ1) is 11.6. The number of rotatable bonds is 6. The summed E-state index contributed by atoms with van der Waals surface area (Å²) in [6.45, 7) is 9.97. The Kier molecular flexibility index (Phi) is 13.8. The Hall–Kier alpha value is -0.660. The first-order valence-electron chi connectivity index (χ1n) is 7.69. The molecule has 0 unspecified atom stereocenters. The zero-order valence-electron chi connectivity index (χ0n) is 16.4. The lowest BCUT2D eigenvalue weighted by atomic mass is 10.1. The van der Waals surface area contributed by atoms with Crippen LogP contribution >= 0.6 is 37.9 Å². The summed E-state index contributed by atoms with van der Waals surface area (Å²) in [4.78, 5) is 30.5. The number of carbonyl (C=O) groups is 3. The molecule has 9 N–H and O–H groups in total. The van der Waals surface area contributed by atoms with Crippen molar-refractivity contribution in [2.24, 2.45) is 17.2 Å². The lowest BCUT2D eigenvalue weighted by Gasteiger charge is -2.21. The Morgan fingerprint density at radius 1 is 0.593 bits per heavy atom. The van der Waals surface area contributed by atoms with Crippen molar-refractivity contribution < 1.29 is 29.7 Å². The summed E-state index contributed by atoms with van der Waals surface area (Å²) in [5.74, 6) is -3.06. The Bertz CT molecular complexity index is 427. The van der Waals surface area contributed by atoms with Crippen LogP contribution in [0.4, 0.5) is 0 Å². The highest BCUT2D eigenvalue weighted by atomic mass is 32.1. The van der Waals surface area contributed by atoms with Crippen molar-refractivity contribution in [1.82, 2.24) is 0 Å². The maximum atomic E-state index is 10.2. The van der Waals surface area contributed by atoms with Gasteiger partial charge in [0.15, 0.2) is 0 Å². The SMILES string of the molecule is CC(C)(S)[C@@H](N)C(=O)O.CC(C)(S)[C@@H](N)C(=O)O.CC(C)(S)[C@@H](N)C(=O)O. The molecular weight excluding hydrogens is 414 g/mol. The molecule has 12 heteroatoms. The van der Waals surface area contributed by atoms with E-state index in [2.05, 4.69) is 37.9 Å². The largest absolute Gasteiger partial charge is 0.480 e. The number of thiol groups is 3. The van der Waals surface area contributed by atoms with E-state index in [1.54, 1.807) is 41.5 Å². The minimum atomic E-state index is -1.02. The zero-order valence-corrected chi connectivity index (χ0v) is 19.1. The van der Waals surface area contributed by atoms with E-state index in [-0.39, 0.29) is 0 Å². The smallest absolute Gasteiger partial charge is 0.321 e. The topological polar surface area (TPSA) is 190 Å². The average molecular weight is 448 g/mol. The van der Waals surface area contributed by atoms with Gasteiger partial charge >= 0.3 is 17.9 Å². The third-order valence-electron chi connectivity index (χ3n) is 3.08. The van der Waals surface area contributed by atoms with E-state index < -0.39 is 50.3 Å². The second-order valence-corrected chi connectivity index (χ2v) is 10.9. The highest BCUT2D eigenvalue weighted by Crippen LogP contribution is 2.16. The molecule has 0 aliphatic heterocycles. The fraction of sp³-hybridized carbons (Fsp3) is 0.800. The second-order valence-electron chi connectivity index (χ2n) is 7.41. The molecule has 0 aromatic rings. The summed E-state index contributed by atoms with van der Waals surface area (Å²) in [5, 5.41) is 25.0. The minimum Gasteiger partial charge on any atom is -0.480 e. The Morgan fingerprint density at radius 3 is 0.704 bits per heavy atom. The highest BCUT2D eigenvalue weighted by Gasteiger charge is 2.29. The molecule has 0 radical (unpaired) electrons. The molecular formula is C15H33N3O6S3. The number of aliphatic carboxylic acids is 3. The summed E-state index contributed by atoms with van der Waals surface area (Å²) in [7, 11) is 0. The molecule has 0 aromatic carbocycles. The van der Waals surface area contributed by atoms with Gasteiger partial charge in [-0.25, -0.2) is 0 Å². The molecule has 0 spiro atoms. The van der Waals surface area contributed by atoms with E-state index >= 15 is 0 Å². The summed E-state index contributed by atoms with van der Waals surface area (Å²) >= 11 is 11.9. The first kappa shape index (κ1) is 31.0. The van der Waals surface area contributed by atoms with Crippen LogP contribution in [0.25, 0.3) is 0 Å². The van der Waals surface area contributed by atoms with E-state index in [0.29, 0.717) is 0 Å². The number of hydrogen-bond acceptors (Lipinski definition) is 9. The van der Waals surface area contributed by atoms with Gasteiger partial charge in [0, 0.05) is 14.2 Å². The summed E-state index contributed by atoms with van der Waals surface area (Å²) < 4.78 is -1.94. The van der Waals surface area contributed by atoms with Crippen molar-refractivity contribution in [3.8, 4) is 0 Å². The molecule has 27 heavy (non-hydrogen) atoms. The molecule has 0 amide bonds. The molecule has 0 saturated carbocycles. The lowest BCUT2D eigenvalue weighted by molar-refractivity contribution is -0.140. The fourth-order valence-electron chi connectivity index (χ4n) is 0.907. The predicted molar refractivity (Wildman–Crippen MR) is 116 cm³/mol. The van der Waals surface area contributed by atoms with Crippen LogP contribution in [-0.2, 0) is 14.4 Å². The number of hydrogen-bond donors (Lipinski definition) is 9. The summed E-state index contributed by atoms with van der Waals surface area (Å²) in [6.07, 6.45) is 0. The molecule has 0 fully saturated rings. The number of carboxylic acids is 3. The molecule has 0 bridgehead atoms. The molecule has 9 nitrogen and oxygen atoms in total. The Morgan fingerprint density at radius 2 is 0.704 bits per heavy atom. The third-order valence-corrected chi connectivity index (χ3v) is 3.92. The molecule has 0 saturated heterocycles. The fourth-order valence-corrected chi connectivity index (χ4v) is 1.24. The van der Waals surface area contributed by atoms with E-state index in [0.717, 1.165) is 0 Å². The second kappa shape index (κ2) is 12.0. The molecule has 0 heterocycles. The van der Waals surface area contributed by atoms with E-state index in [1.165, 1.54) is 0 Å². The van der Waals surface area contributed by atoms with Crippen LogP contribution in [0.2, 0.25) is 0 Å². The number of nitrogens with two attached hydrogens (primary N) is 3. The van der Waals surface area contributed by atoms with Gasteiger partial charge in [0.05, 0.1) is 0 Å². The van der Waals surface area contributed by atoms with Gasteiger partial charge in [0.1, 0.15) is 18.1 Å². The van der Waals surface area contributed by atoms with Crippen molar-refractivity contribution in [2.45, 2.75) is 73.9 Å².